The van der Waals surface area contributed by atoms with Crippen LogP contribution >= 0.6 is 11.3 Å². The number of carbonyl (C=O) groups is 1. The molecule has 6 heteroatoms. The maximum atomic E-state index is 12.3. The Labute approximate surface area is 125 Å². The van der Waals surface area contributed by atoms with Crippen LogP contribution in [0.1, 0.15) is 26.5 Å². The van der Waals surface area contributed by atoms with E-state index in [0.29, 0.717) is 22.9 Å². The SMILES string of the molecule is Nc1cc2c(cc1NC(=O)c1cc3c(s1)CCC3)OCO2. The van der Waals surface area contributed by atoms with Crippen molar-refractivity contribution in [2.45, 2.75) is 19.3 Å². The molecule has 4 rings (SSSR count). The van der Waals surface area contributed by atoms with Crippen molar-refractivity contribution in [2.75, 3.05) is 17.8 Å². The van der Waals surface area contributed by atoms with Gasteiger partial charge in [-0.1, -0.05) is 0 Å². The zero-order chi connectivity index (χ0) is 14.4. The summed E-state index contributed by atoms with van der Waals surface area (Å²) >= 11 is 1.57. The molecule has 0 spiro atoms. The molecule has 0 bridgehead atoms. The van der Waals surface area contributed by atoms with Crippen LogP contribution in [-0.4, -0.2) is 12.7 Å². The van der Waals surface area contributed by atoms with Crippen LogP contribution in [0.2, 0.25) is 0 Å². The Bertz CT molecular complexity index is 717. The minimum Gasteiger partial charge on any atom is -0.454 e. The highest BCUT2D eigenvalue weighted by Gasteiger charge is 2.21. The Kier molecular flexibility index (Phi) is 2.78. The van der Waals surface area contributed by atoms with Crippen molar-refractivity contribution < 1.29 is 14.3 Å². The average molecular weight is 302 g/mol. The van der Waals surface area contributed by atoms with Crippen LogP contribution in [0, 0.1) is 0 Å². The van der Waals surface area contributed by atoms with E-state index in [4.69, 9.17) is 15.2 Å². The van der Waals surface area contributed by atoms with Gasteiger partial charge in [-0.15, -0.1) is 11.3 Å². The molecule has 1 aromatic heterocycles. The molecule has 0 unspecified atom stereocenters. The van der Waals surface area contributed by atoms with Crippen molar-refractivity contribution in [2.24, 2.45) is 0 Å². The Hall–Kier alpha value is -2.21. The number of nitrogen functional groups attached to an aromatic ring is 1. The number of amides is 1. The second-order valence-electron chi connectivity index (χ2n) is 5.16. The van der Waals surface area contributed by atoms with Crippen molar-refractivity contribution in [1.82, 2.24) is 0 Å². The molecule has 0 radical (unpaired) electrons. The largest absolute Gasteiger partial charge is 0.454 e. The third-order valence-corrected chi connectivity index (χ3v) is 5.00. The fraction of sp³-hybridized carbons (Fsp3) is 0.267. The molecule has 0 saturated heterocycles. The number of hydrogen-bond acceptors (Lipinski definition) is 5. The lowest BCUT2D eigenvalue weighted by atomic mass is 10.2. The lowest BCUT2D eigenvalue weighted by Crippen LogP contribution is -2.11. The number of benzene rings is 1. The number of nitrogens with two attached hydrogens (primary N) is 1. The summed E-state index contributed by atoms with van der Waals surface area (Å²) < 4.78 is 10.6. The Morgan fingerprint density at radius 1 is 1.19 bits per heavy atom. The standard InChI is InChI=1S/C15H14N2O3S/c16-9-5-11-12(20-7-19-11)6-10(9)17-15(18)14-4-8-2-1-3-13(8)21-14/h4-6H,1-3,7,16H2,(H,17,18). The summed E-state index contributed by atoms with van der Waals surface area (Å²) in [4.78, 5) is 14.4. The Balaban J connectivity index is 1.59. The fourth-order valence-electron chi connectivity index (χ4n) is 2.69. The summed E-state index contributed by atoms with van der Waals surface area (Å²) in [5, 5.41) is 2.86. The second-order valence-corrected chi connectivity index (χ2v) is 6.30. The number of hydrogen-bond donors (Lipinski definition) is 2. The zero-order valence-corrected chi connectivity index (χ0v) is 12.1. The van der Waals surface area contributed by atoms with E-state index in [9.17, 15) is 4.79 Å². The van der Waals surface area contributed by atoms with Gasteiger partial charge in [-0.2, -0.15) is 0 Å². The number of anilines is 2. The first-order valence-corrected chi connectivity index (χ1v) is 7.64. The summed E-state index contributed by atoms with van der Waals surface area (Å²) in [6.45, 7) is 0.184. The molecule has 2 aromatic rings. The maximum absolute atomic E-state index is 12.3. The van der Waals surface area contributed by atoms with Gasteiger partial charge in [0.05, 0.1) is 16.3 Å². The number of aryl methyl sites for hydroxylation is 2. The topological polar surface area (TPSA) is 73.6 Å². The minimum atomic E-state index is -0.125. The summed E-state index contributed by atoms with van der Waals surface area (Å²) in [5.74, 6) is 1.09. The maximum Gasteiger partial charge on any atom is 0.265 e. The van der Waals surface area contributed by atoms with Gasteiger partial charge in [0, 0.05) is 17.0 Å². The number of rotatable bonds is 2. The number of carbonyl (C=O) groups excluding carboxylic acids is 1. The van der Waals surface area contributed by atoms with Gasteiger partial charge in [-0.3, -0.25) is 4.79 Å². The van der Waals surface area contributed by atoms with Crippen LogP contribution < -0.4 is 20.5 Å². The van der Waals surface area contributed by atoms with Gasteiger partial charge >= 0.3 is 0 Å². The van der Waals surface area contributed by atoms with Gasteiger partial charge < -0.3 is 20.5 Å². The predicted molar refractivity (Wildman–Crippen MR) is 81.3 cm³/mol. The van der Waals surface area contributed by atoms with Gasteiger partial charge in [0.15, 0.2) is 11.5 Å². The number of ether oxygens (including phenoxy) is 2. The van der Waals surface area contributed by atoms with Crippen LogP contribution in [0.5, 0.6) is 11.5 Å². The first kappa shape index (κ1) is 12.5. The smallest absolute Gasteiger partial charge is 0.265 e. The second kappa shape index (κ2) is 4.66. The quantitative estimate of drug-likeness (QED) is 0.837. The molecule has 2 heterocycles. The van der Waals surface area contributed by atoms with E-state index in [1.54, 1.807) is 23.5 Å². The number of fused-ring (bicyclic) bond motifs is 2. The lowest BCUT2D eigenvalue weighted by Gasteiger charge is -2.08. The molecule has 0 atom stereocenters. The van der Waals surface area contributed by atoms with Crippen LogP contribution in [0.25, 0.3) is 0 Å². The number of thiophene rings is 1. The highest BCUT2D eigenvalue weighted by molar-refractivity contribution is 7.14. The van der Waals surface area contributed by atoms with Crippen molar-refractivity contribution in [3.05, 3.63) is 33.5 Å². The first-order valence-electron chi connectivity index (χ1n) is 6.83. The molecule has 2 aliphatic rings. The molecule has 1 aliphatic carbocycles. The van der Waals surface area contributed by atoms with Crippen molar-refractivity contribution in [1.29, 1.82) is 0 Å². The van der Waals surface area contributed by atoms with Crippen molar-refractivity contribution in [3.8, 4) is 11.5 Å². The van der Waals surface area contributed by atoms with E-state index in [0.717, 1.165) is 17.7 Å². The highest BCUT2D eigenvalue weighted by Crippen LogP contribution is 2.39. The normalized spacial score (nSPS) is 15.0. The van der Waals surface area contributed by atoms with Gasteiger partial charge in [-0.05, 0) is 30.9 Å². The molecule has 1 amide bonds. The molecule has 1 aromatic carbocycles. The van der Waals surface area contributed by atoms with Crippen LogP contribution in [0.3, 0.4) is 0 Å². The molecular formula is C15H14N2O3S. The lowest BCUT2D eigenvalue weighted by molar-refractivity contribution is 0.103. The minimum absolute atomic E-state index is 0.125. The molecule has 5 nitrogen and oxygen atoms in total. The molecule has 1 aliphatic heterocycles. The van der Waals surface area contributed by atoms with E-state index < -0.39 is 0 Å². The van der Waals surface area contributed by atoms with Crippen molar-refractivity contribution >= 4 is 28.6 Å². The molecule has 3 N–H and O–H groups in total. The molecule has 0 saturated carbocycles. The van der Waals surface area contributed by atoms with E-state index in [2.05, 4.69) is 5.32 Å². The fourth-order valence-corrected chi connectivity index (χ4v) is 3.84. The first-order chi connectivity index (χ1) is 10.2. The third-order valence-electron chi connectivity index (χ3n) is 3.76. The van der Waals surface area contributed by atoms with Gasteiger partial charge in [0.1, 0.15) is 0 Å². The van der Waals surface area contributed by atoms with Gasteiger partial charge in [-0.25, -0.2) is 0 Å². The summed E-state index contributed by atoms with van der Waals surface area (Å²) in [6.07, 6.45) is 3.35. The van der Waals surface area contributed by atoms with Gasteiger partial charge in [0.2, 0.25) is 6.79 Å². The molecule has 0 fully saturated rings. The van der Waals surface area contributed by atoms with Gasteiger partial charge in [0.25, 0.3) is 5.91 Å². The van der Waals surface area contributed by atoms with Crippen LogP contribution in [0.15, 0.2) is 18.2 Å². The van der Waals surface area contributed by atoms with E-state index in [-0.39, 0.29) is 12.7 Å². The van der Waals surface area contributed by atoms with Crippen molar-refractivity contribution in [3.63, 3.8) is 0 Å². The Morgan fingerprint density at radius 2 is 2.00 bits per heavy atom. The average Bonchev–Trinajstić information content (AvgIpc) is 3.12. The Morgan fingerprint density at radius 3 is 2.81 bits per heavy atom. The monoisotopic (exact) mass is 302 g/mol. The molecule has 108 valence electrons. The summed E-state index contributed by atoms with van der Waals surface area (Å²) in [6, 6.07) is 5.37. The summed E-state index contributed by atoms with van der Waals surface area (Å²) in [5.41, 5.74) is 8.28. The number of nitrogens with one attached hydrogen (secondary N) is 1. The van der Waals surface area contributed by atoms with E-state index in [1.807, 2.05) is 6.07 Å². The van der Waals surface area contributed by atoms with E-state index in [1.165, 1.54) is 16.9 Å². The molecule has 21 heavy (non-hydrogen) atoms. The third kappa shape index (κ3) is 2.12. The van der Waals surface area contributed by atoms with E-state index >= 15 is 0 Å². The highest BCUT2D eigenvalue weighted by atomic mass is 32.1. The summed E-state index contributed by atoms with van der Waals surface area (Å²) in [7, 11) is 0. The zero-order valence-electron chi connectivity index (χ0n) is 11.3. The molecular weight excluding hydrogens is 288 g/mol. The van der Waals surface area contributed by atoms with Crippen LogP contribution in [-0.2, 0) is 12.8 Å². The predicted octanol–water partition coefficient (Wildman–Crippen LogP) is 2.80. The van der Waals surface area contributed by atoms with Crippen LogP contribution in [0.4, 0.5) is 11.4 Å².